The lowest BCUT2D eigenvalue weighted by molar-refractivity contribution is -0.302. The standard InChI is InChI=1S/C45H73N3O10/c1-11-33-21-27(4)20-28(5)22-38(55-9)41-39(56-10)24-30(7)45(54,58-41)42(51)43(52)48-19-13-12-14-36(48)44(53)57-40(29(6)23-32-15-17-34(49)18-16-32)31(8)37(50)25-35(33)47-46-26(2)3/h21,23,28,30-34,36-41,49-50,54H,11-20,22,24-25H2,1-10H3/b27-21+,29-23+,47-35-/t28-,30+,31+,32-,33+,34-,36-,37-,38-,39-,40+,41+,45+/m0/s1. The van der Waals surface area contributed by atoms with Crippen LogP contribution in [0.4, 0.5) is 0 Å². The van der Waals surface area contributed by atoms with E-state index in [1.165, 1.54) is 4.90 Å². The molecule has 1 amide bonds. The summed E-state index contributed by atoms with van der Waals surface area (Å²) in [6, 6.07) is -1.09. The third kappa shape index (κ3) is 11.9. The molecule has 0 radical (unpaired) electrons. The summed E-state index contributed by atoms with van der Waals surface area (Å²) in [6.07, 6.45) is 6.93. The molecule has 11 atom stereocenters. The molecule has 328 valence electrons. The SMILES string of the molecule is CC[C@@H]1/C=C(\C)C[C@H](C)C[C@H](OC)[C@H]2O[C@@](O)(C(=O)C(=O)N3CCCC[C@H]3C(=O)O[C@H](/C(C)=C/[C@H]3CC[C@H](O)CC3)[C@H](C)[C@@H](O)C/C1=N/N=C(C)C)[C@H](C)C[C@@H]2OC. The molecule has 13 heteroatoms. The van der Waals surface area contributed by atoms with Crippen molar-refractivity contribution in [3.8, 4) is 0 Å². The van der Waals surface area contributed by atoms with Crippen molar-refractivity contribution in [2.45, 2.75) is 181 Å². The van der Waals surface area contributed by atoms with E-state index in [1.807, 2.05) is 27.7 Å². The number of rotatable bonds is 6. The van der Waals surface area contributed by atoms with Gasteiger partial charge in [0.05, 0.1) is 24.4 Å². The van der Waals surface area contributed by atoms with Crippen LogP contribution in [0.5, 0.6) is 0 Å². The molecular weight excluding hydrogens is 743 g/mol. The topological polar surface area (TPSA) is 177 Å². The number of hydrogen-bond acceptors (Lipinski definition) is 12. The summed E-state index contributed by atoms with van der Waals surface area (Å²) >= 11 is 0. The maximum atomic E-state index is 14.4. The summed E-state index contributed by atoms with van der Waals surface area (Å²) in [5.41, 5.74) is 3.39. The molecule has 3 fully saturated rings. The van der Waals surface area contributed by atoms with Gasteiger partial charge in [0, 0.05) is 56.4 Å². The summed E-state index contributed by atoms with van der Waals surface area (Å²) in [6.45, 7) is 15.6. The van der Waals surface area contributed by atoms with Gasteiger partial charge in [-0.25, -0.2) is 4.79 Å². The predicted molar refractivity (Wildman–Crippen MR) is 223 cm³/mol. The van der Waals surface area contributed by atoms with Gasteiger partial charge in [-0.3, -0.25) is 9.59 Å². The lowest BCUT2D eigenvalue weighted by atomic mass is 9.82. The number of fused-ring (bicyclic) bond motifs is 3. The van der Waals surface area contributed by atoms with Gasteiger partial charge in [-0.15, -0.1) is 0 Å². The molecule has 1 aliphatic carbocycles. The van der Waals surface area contributed by atoms with E-state index in [0.29, 0.717) is 38.5 Å². The van der Waals surface area contributed by atoms with Crippen molar-refractivity contribution in [3.05, 3.63) is 23.3 Å². The molecule has 2 bridgehead atoms. The molecule has 3 aliphatic heterocycles. The highest BCUT2D eigenvalue weighted by molar-refractivity contribution is 6.39. The highest BCUT2D eigenvalue weighted by atomic mass is 16.7. The summed E-state index contributed by atoms with van der Waals surface area (Å²) in [5, 5.41) is 43.4. The van der Waals surface area contributed by atoms with Crippen LogP contribution in [0.2, 0.25) is 0 Å². The van der Waals surface area contributed by atoms with Crippen LogP contribution in [0.15, 0.2) is 33.5 Å². The average Bonchev–Trinajstić information content (AvgIpc) is 3.19. The second kappa shape index (κ2) is 21.6. The van der Waals surface area contributed by atoms with Gasteiger partial charge in [-0.2, -0.15) is 10.2 Å². The van der Waals surface area contributed by atoms with Crippen LogP contribution in [-0.2, 0) is 33.3 Å². The van der Waals surface area contributed by atoms with Crippen LogP contribution in [0.1, 0.15) is 132 Å². The Morgan fingerprint density at radius 1 is 0.966 bits per heavy atom. The molecule has 0 aromatic carbocycles. The van der Waals surface area contributed by atoms with E-state index < -0.39 is 71.8 Å². The number of methoxy groups -OCH3 is 2. The number of ketones is 1. The second-order valence-electron chi connectivity index (χ2n) is 18.0. The van der Waals surface area contributed by atoms with Gasteiger partial charge in [0.25, 0.3) is 11.7 Å². The highest BCUT2D eigenvalue weighted by Crippen LogP contribution is 2.39. The molecule has 0 aromatic heterocycles. The van der Waals surface area contributed by atoms with Gasteiger partial charge in [-0.05, 0) is 116 Å². The Morgan fingerprint density at radius 2 is 1.62 bits per heavy atom. The normalized spacial score (nSPS) is 39.8. The first-order valence-corrected chi connectivity index (χ1v) is 21.7. The predicted octanol–water partition coefficient (Wildman–Crippen LogP) is 6.12. The summed E-state index contributed by atoms with van der Waals surface area (Å²) in [4.78, 5) is 44.2. The number of nitrogens with zero attached hydrogens (tertiary/aromatic N) is 3. The second-order valence-corrected chi connectivity index (χ2v) is 18.0. The molecule has 3 heterocycles. The fourth-order valence-electron chi connectivity index (χ4n) is 9.41. The zero-order valence-electron chi connectivity index (χ0n) is 36.8. The monoisotopic (exact) mass is 816 g/mol. The third-order valence-electron chi connectivity index (χ3n) is 12.9. The zero-order chi connectivity index (χ0) is 42.9. The van der Waals surface area contributed by atoms with Crippen LogP contribution >= 0.6 is 0 Å². The van der Waals surface area contributed by atoms with E-state index in [2.05, 4.69) is 43.1 Å². The number of carbonyl (C=O) groups excluding carboxylic acids is 3. The molecule has 58 heavy (non-hydrogen) atoms. The van der Waals surface area contributed by atoms with E-state index in [4.69, 9.17) is 18.9 Å². The van der Waals surface area contributed by atoms with Crippen LogP contribution in [0.25, 0.3) is 0 Å². The number of piperidine rings is 1. The first-order valence-electron chi connectivity index (χ1n) is 21.7. The van der Waals surface area contributed by atoms with Crippen molar-refractivity contribution in [1.82, 2.24) is 4.90 Å². The largest absolute Gasteiger partial charge is 0.456 e. The van der Waals surface area contributed by atoms with Crippen LogP contribution in [-0.4, -0.2) is 119 Å². The number of carbonyl (C=O) groups is 3. The zero-order valence-corrected chi connectivity index (χ0v) is 36.8. The molecule has 13 nitrogen and oxygen atoms in total. The number of amides is 1. The average molecular weight is 816 g/mol. The number of allylic oxidation sites excluding steroid dienone is 3. The van der Waals surface area contributed by atoms with Gasteiger partial charge in [-0.1, -0.05) is 45.4 Å². The van der Waals surface area contributed by atoms with Gasteiger partial charge < -0.3 is 39.2 Å². The van der Waals surface area contributed by atoms with E-state index in [-0.39, 0.29) is 49.7 Å². The lowest BCUT2D eigenvalue weighted by Gasteiger charge is -2.47. The molecule has 0 aromatic rings. The minimum absolute atomic E-state index is 0.0841. The maximum Gasteiger partial charge on any atom is 0.329 e. The van der Waals surface area contributed by atoms with E-state index >= 15 is 0 Å². The van der Waals surface area contributed by atoms with Crippen molar-refractivity contribution in [3.63, 3.8) is 0 Å². The Labute approximate surface area is 346 Å². The minimum Gasteiger partial charge on any atom is -0.456 e. The van der Waals surface area contributed by atoms with Crippen molar-refractivity contribution in [2.24, 2.45) is 39.8 Å². The Morgan fingerprint density at radius 3 is 2.24 bits per heavy atom. The quantitative estimate of drug-likeness (QED) is 0.0932. The molecule has 4 aliphatic rings. The van der Waals surface area contributed by atoms with Crippen molar-refractivity contribution >= 4 is 29.1 Å². The molecular formula is C45H73N3O10. The van der Waals surface area contributed by atoms with E-state index in [0.717, 1.165) is 41.8 Å². The summed E-state index contributed by atoms with van der Waals surface area (Å²) in [7, 11) is 3.12. The van der Waals surface area contributed by atoms with Crippen molar-refractivity contribution in [1.29, 1.82) is 0 Å². The fourth-order valence-corrected chi connectivity index (χ4v) is 9.41. The van der Waals surface area contributed by atoms with Gasteiger partial charge in [0.15, 0.2) is 0 Å². The molecule has 1 saturated carbocycles. The number of esters is 1. The molecule has 2 saturated heterocycles. The van der Waals surface area contributed by atoms with Gasteiger partial charge in [0.2, 0.25) is 5.79 Å². The number of Topliss-reactive ketones (excluding diaryl/α,β-unsaturated/α-hetero) is 1. The number of aliphatic hydroxyl groups is 3. The van der Waals surface area contributed by atoms with Crippen LogP contribution in [0, 0.1) is 29.6 Å². The lowest BCUT2D eigenvalue weighted by Crippen LogP contribution is -2.64. The third-order valence-corrected chi connectivity index (χ3v) is 12.9. The number of hydrogen-bond donors (Lipinski definition) is 3. The first-order chi connectivity index (χ1) is 27.4. The van der Waals surface area contributed by atoms with Gasteiger partial charge >= 0.3 is 5.97 Å². The number of aliphatic hydroxyl groups excluding tert-OH is 2. The smallest absolute Gasteiger partial charge is 0.329 e. The maximum absolute atomic E-state index is 14.4. The Bertz CT molecular complexity index is 1530. The molecule has 0 unspecified atom stereocenters. The Kier molecular flexibility index (Phi) is 17.8. The van der Waals surface area contributed by atoms with Crippen molar-refractivity contribution in [2.75, 3.05) is 20.8 Å². The minimum atomic E-state index is -2.48. The number of ether oxygens (including phenoxy) is 4. The molecule has 4 rings (SSSR count). The highest BCUT2D eigenvalue weighted by Gasteiger charge is 2.56. The van der Waals surface area contributed by atoms with E-state index in [9.17, 15) is 29.7 Å². The van der Waals surface area contributed by atoms with E-state index in [1.54, 1.807) is 21.1 Å². The molecule has 3 N–H and O–H groups in total. The Balaban J connectivity index is 1.83. The fraction of sp³-hybridized carbons (Fsp3) is 0.800. The van der Waals surface area contributed by atoms with Crippen LogP contribution in [0.3, 0.4) is 0 Å². The molecule has 0 spiro atoms. The Hall–Kier alpha value is -2.81. The van der Waals surface area contributed by atoms with Crippen LogP contribution < -0.4 is 0 Å². The summed E-state index contributed by atoms with van der Waals surface area (Å²) < 4.78 is 24.5. The van der Waals surface area contributed by atoms with Gasteiger partial charge in [0.1, 0.15) is 18.2 Å². The van der Waals surface area contributed by atoms with Crippen molar-refractivity contribution < 1.29 is 48.7 Å². The number of cyclic esters (lactones) is 1. The first kappa shape index (κ1) is 47.9. The summed E-state index contributed by atoms with van der Waals surface area (Å²) in [5.74, 6) is -6.56.